The fourth-order valence-corrected chi connectivity index (χ4v) is 5.86. The number of benzene rings is 4. The molecule has 0 unspecified atom stereocenters. The largest absolute Gasteiger partial charge is 0.489 e. The maximum Gasteiger partial charge on any atom is 0.227 e. The summed E-state index contributed by atoms with van der Waals surface area (Å²) in [6, 6.07) is 35.2. The van der Waals surface area contributed by atoms with Crippen molar-refractivity contribution >= 4 is 23.1 Å². The summed E-state index contributed by atoms with van der Waals surface area (Å²) in [5, 5.41) is 3.60. The summed E-state index contributed by atoms with van der Waals surface area (Å²) in [6.45, 7) is 2.25. The summed E-state index contributed by atoms with van der Waals surface area (Å²) < 4.78 is 6.38. The first-order valence-corrected chi connectivity index (χ1v) is 13.9. The Morgan fingerprint density at radius 2 is 1.52 bits per heavy atom. The third kappa shape index (κ3) is 4.91. The van der Waals surface area contributed by atoms with Crippen molar-refractivity contribution in [2.24, 2.45) is 0 Å². The molecule has 0 saturated heterocycles. The van der Waals surface area contributed by atoms with Crippen molar-refractivity contribution in [2.75, 3.05) is 10.2 Å². The van der Waals surface area contributed by atoms with E-state index in [0.29, 0.717) is 37.2 Å². The molecule has 1 heterocycles. The van der Waals surface area contributed by atoms with Gasteiger partial charge in [-0.1, -0.05) is 97.9 Å². The number of nitrogens with one attached hydrogen (secondary N) is 1. The average Bonchev–Trinajstić information content (AvgIpc) is 3.15. The Morgan fingerprint density at radius 1 is 0.850 bits per heavy atom. The van der Waals surface area contributed by atoms with Crippen molar-refractivity contribution in [1.29, 1.82) is 0 Å². The lowest BCUT2D eigenvalue weighted by molar-refractivity contribution is -0.119. The van der Waals surface area contributed by atoms with Crippen molar-refractivity contribution in [3.05, 3.63) is 137 Å². The fourth-order valence-electron chi connectivity index (χ4n) is 5.86. The van der Waals surface area contributed by atoms with Crippen LogP contribution in [-0.4, -0.2) is 11.7 Å². The maximum absolute atomic E-state index is 14.2. The van der Waals surface area contributed by atoms with E-state index in [1.807, 2.05) is 104 Å². The van der Waals surface area contributed by atoms with Crippen LogP contribution in [0.3, 0.4) is 0 Å². The zero-order valence-corrected chi connectivity index (χ0v) is 22.5. The van der Waals surface area contributed by atoms with Gasteiger partial charge in [-0.3, -0.25) is 14.5 Å². The van der Waals surface area contributed by atoms with Crippen LogP contribution in [0.1, 0.15) is 54.8 Å². The molecule has 200 valence electrons. The fraction of sp³-hybridized carbons (Fsp3) is 0.200. The summed E-state index contributed by atoms with van der Waals surface area (Å²) >= 11 is 0. The number of hydrogen-bond donors (Lipinski definition) is 1. The Bertz CT molecular complexity index is 1560. The van der Waals surface area contributed by atoms with Crippen molar-refractivity contribution in [2.45, 2.75) is 44.8 Å². The molecule has 0 spiro atoms. The molecular formula is C35H32N2O3. The summed E-state index contributed by atoms with van der Waals surface area (Å²) in [5.74, 6) is 0.719. The van der Waals surface area contributed by atoms with Gasteiger partial charge in [-0.05, 0) is 41.7 Å². The lowest BCUT2D eigenvalue weighted by atomic mass is 9.78. The molecule has 4 aromatic carbocycles. The Kier molecular flexibility index (Phi) is 7.19. The van der Waals surface area contributed by atoms with Gasteiger partial charge in [-0.2, -0.15) is 0 Å². The van der Waals surface area contributed by atoms with Crippen LogP contribution in [0.2, 0.25) is 0 Å². The van der Waals surface area contributed by atoms with Gasteiger partial charge in [0, 0.05) is 29.7 Å². The van der Waals surface area contributed by atoms with E-state index >= 15 is 0 Å². The van der Waals surface area contributed by atoms with E-state index in [2.05, 4.69) is 17.4 Å². The lowest BCUT2D eigenvalue weighted by Crippen LogP contribution is -2.38. The highest BCUT2D eigenvalue weighted by molar-refractivity contribution is 6.06. The minimum atomic E-state index is -0.616. The number of Topliss-reactive ketones (excluding diaryl/α,β-unsaturated/α-hetero) is 1. The average molecular weight is 529 g/mol. The highest BCUT2D eigenvalue weighted by Gasteiger charge is 2.42. The first-order valence-electron chi connectivity index (χ1n) is 13.9. The number of hydrogen-bond acceptors (Lipinski definition) is 4. The minimum Gasteiger partial charge on any atom is -0.489 e. The predicted octanol–water partition coefficient (Wildman–Crippen LogP) is 7.58. The van der Waals surface area contributed by atoms with E-state index in [4.69, 9.17) is 4.74 Å². The van der Waals surface area contributed by atoms with Gasteiger partial charge in [0.1, 0.15) is 12.4 Å². The molecule has 2 aliphatic rings. The summed E-state index contributed by atoms with van der Waals surface area (Å²) in [7, 11) is 0. The standard InChI is InChI=1S/C35H32N2O3/c1-2-33(39)37-30-19-11-10-18-28(30)36-29-21-26(25-15-7-4-8-16-25)22-31(38)34(29)35(37)27-17-9-12-20-32(27)40-23-24-13-5-3-6-14-24/h3-20,26,35-36H,2,21-23H2,1H3/t26-,35-/m1/s1. The second kappa shape index (κ2) is 11.2. The molecule has 2 atom stereocenters. The molecule has 0 bridgehead atoms. The molecule has 1 N–H and O–H groups in total. The highest BCUT2D eigenvalue weighted by Crippen LogP contribution is 2.49. The van der Waals surface area contributed by atoms with Crippen molar-refractivity contribution in [3.8, 4) is 5.75 Å². The number of nitrogens with zero attached hydrogens (tertiary/aromatic N) is 1. The zero-order valence-electron chi connectivity index (χ0n) is 22.5. The van der Waals surface area contributed by atoms with E-state index in [1.165, 1.54) is 0 Å². The Balaban J connectivity index is 1.51. The molecular weight excluding hydrogens is 496 g/mol. The molecule has 1 amide bonds. The van der Waals surface area contributed by atoms with Crippen LogP contribution in [0.4, 0.5) is 11.4 Å². The summed E-state index contributed by atoms with van der Waals surface area (Å²) in [5.41, 5.74) is 6.09. The van der Waals surface area contributed by atoms with Crippen molar-refractivity contribution in [1.82, 2.24) is 0 Å². The van der Waals surface area contributed by atoms with E-state index in [0.717, 1.165) is 33.8 Å². The van der Waals surface area contributed by atoms with Gasteiger partial charge in [0.25, 0.3) is 0 Å². The SMILES string of the molecule is CCC(=O)N1c2ccccc2NC2=C(C(=O)C[C@H](c3ccccc3)C2)[C@H]1c1ccccc1OCc1ccccc1. The maximum atomic E-state index is 14.2. The summed E-state index contributed by atoms with van der Waals surface area (Å²) in [6.07, 6.45) is 1.37. The number of carbonyl (C=O) groups is 2. The van der Waals surface area contributed by atoms with Crippen molar-refractivity contribution < 1.29 is 14.3 Å². The molecule has 0 aromatic heterocycles. The van der Waals surface area contributed by atoms with Gasteiger partial charge in [-0.15, -0.1) is 0 Å². The third-order valence-electron chi connectivity index (χ3n) is 7.78. The normalized spacial score (nSPS) is 18.3. The molecule has 6 rings (SSSR count). The molecule has 0 radical (unpaired) electrons. The van der Waals surface area contributed by atoms with Gasteiger partial charge in [0.2, 0.25) is 5.91 Å². The molecule has 1 aliphatic heterocycles. The molecule has 0 saturated carbocycles. The Labute approximate surface area is 235 Å². The molecule has 5 nitrogen and oxygen atoms in total. The van der Waals surface area contributed by atoms with Gasteiger partial charge in [0.15, 0.2) is 5.78 Å². The van der Waals surface area contributed by atoms with Crippen LogP contribution in [0.25, 0.3) is 0 Å². The van der Waals surface area contributed by atoms with Crippen LogP contribution in [0, 0.1) is 0 Å². The van der Waals surface area contributed by atoms with Crippen LogP contribution >= 0.6 is 0 Å². The van der Waals surface area contributed by atoms with Crippen LogP contribution in [0.5, 0.6) is 5.75 Å². The quantitative estimate of drug-likeness (QED) is 0.280. The number of carbonyl (C=O) groups excluding carboxylic acids is 2. The van der Waals surface area contributed by atoms with E-state index in [-0.39, 0.29) is 17.6 Å². The monoisotopic (exact) mass is 528 g/mol. The second-order valence-corrected chi connectivity index (χ2v) is 10.3. The number of para-hydroxylation sites is 3. The van der Waals surface area contributed by atoms with Crippen LogP contribution < -0.4 is 15.0 Å². The number of allylic oxidation sites excluding steroid dienone is 1. The van der Waals surface area contributed by atoms with Crippen LogP contribution in [-0.2, 0) is 16.2 Å². The van der Waals surface area contributed by atoms with E-state index in [1.54, 1.807) is 4.90 Å². The van der Waals surface area contributed by atoms with Gasteiger partial charge < -0.3 is 10.1 Å². The summed E-state index contributed by atoms with van der Waals surface area (Å²) in [4.78, 5) is 29.7. The Hall–Kier alpha value is -4.64. The number of anilines is 2. The number of rotatable bonds is 6. The van der Waals surface area contributed by atoms with Gasteiger partial charge in [0.05, 0.1) is 17.4 Å². The first-order chi connectivity index (χ1) is 19.6. The molecule has 5 heteroatoms. The van der Waals surface area contributed by atoms with Crippen molar-refractivity contribution in [3.63, 3.8) is 0 Å². The molecule has 0 fully saturated rings. The molecule has 40 heavy (non-hydrogen) atoms. The van der Waals surface area contributed by atoms with E-state index < -0.39 is 6.04 Å². The number of ketones is 1. The molecule has 1 aliphatic carbocycles. The number of fused-ring (bicyclic) bond motifs is 1. The minimum absolute atomic E-state index is 0.0483. The number of amides is 1. The second-order valence-electron chi connectivity index (χ2n) is 10.3. The predicted molar refractivity (Wildman–Crippen MR) is 158 cm³/mol. The molecule has 4 aromatic rings. The van der Waals surface area contributed by atoms with Gasteiger partial charge in [-0.25, -0.2) is 0 Å². The first kappa shape index (κ1) is 25.6. The Morgan fingerprint density at radius 3 is 2.30 bits per heavy atom. The third-order valence-corrected chi connectivity index (χ3v) is 7.78. The van der Waals surface area contributed by atoms with Gasteiger partial charge >= 0.3 is 0 Å². The topological polar surface area (TPSA) is 58.6 Å². The lowest BCUT2D eigenvalue weighted by Gasteiger charge is -2.35. The smallest absolute Gasteiger partial charge is 0.227 e. The zero-order chi connectivity index (χ0) is 27.5. The highest BCUT2D eigenvalue weighted by atomic mass is 16.5. The number of ether oxygens (including phenoxy) is 1. The van der Waals surface area contributed by atoms with E-state index in [9.17, 15) is 9.59 Å². The van der Waals surface area contributed by atoms with Crippen LogP contribution in [0.15, 0.2) is 120 Å².